The number of hydrogen-bond acceptors (Lipinski definition) is 4. The average molecular weight is 401 g/mol. The van der Waals surface area contributed by atoms with Gasteiger partial charge >= 0.3 is 0 Å². The largest absolute Gasteiger partial charge is 0.383 e. The fourth-order valence-corrected chi connectivity index (χ4v) is 4.46. The first-order chi connectivity index (χ1) is 13.6. The van der Waals surface area contributed by atoms with E-state index in [0.29, 0.717) is 32.5 Å². The Labute approximate surface area is 170 Å². The van der Waals surface area contributed by atoms with Gasteiger partial charge in [-0.3, -0.25) is 9.59 Å². The van der Waals surface area contributed by atoms with Gasteiger partial charge in [-0.2, -0.15) is 0 Å². The van der Waals surface area contributed by atoms with Crippen LogP contribution < -0.4 is 5.32 Å². The number of aryl methyl sites for hydroxylation is 1. The zero-order valence-corrected chi connectivity index (χ0v) is 17.3. The van der Waals surface area contributed by atoms with Crippen LogP contribution in [0.4, 0.5) is 0 Å². The summed E-state index contributed by atoms with van der Waals surface area (Å²) in [7, 11) is 1.63. The van der Waals surface area contributed by atoms with Crippen molar-refractivity contribution >= 4 is 23.2 Å². The van der Waals surface area contributed by atoms with E-state index in [9.17, 15) is 9.59 Å². The summed E-state index contributed by atoms with van der Waals surface area (Å²) in [6, 6.07) is 12.0. The van der Waals surface area contributed by atoms with Crippen LogP contribution in [0.15, 0.2) is 41.8 Å². The minimum absolute atomic E-state index is 0.0250. The molecule has 1 saturated heterocycles. The number of benzene rings is 1. The maximum absolute atomic E-state index is 13.0. The Kier molecular flexibility index (Phi) is 7.23. The summed E-state index contributed by atoms with van der Waals surface area (Å²) >= 11 is 1.70. The first-order valence-corrected chi connectivity index (χ1v) is 10.6. The summed E-state index contributed by atoms with van der Waals surface area (Å²) < 4.78 is 5.20. The highest BCUT2D eigenvalue weighted by Crippen LogP contribution is 2.37. The number of likely N-dealkylation sites (tertiary alicyclic amines) is 1. The monoisotopic (exact) mass is 400 g/mol. The number of thiophene rings is 1. The third-order valence-corrected chi connectivity index (χ3v) is 6.19. The molecule has 0 bridgehead atoms. The molecule has 2 amide bonds. The van der Waals surface area contributed by atoms with Crippen molar-refractivity contribution in [1.29, 1.82) is 0 Å². The highest BCUT2D eigenvalue weighted by molar-refractivity contribution is 7.09. The second-order valence-corrected chi connectivity index (χ2v) is 8.23. The molecule has 0 spiro atoms. The summed E-state index contributed by atoms with van der Waals surface area (Å²) in [5.74, 6) is -0.136. The van der Waals surface area contributed by atoms with Crippen LogP contribution >= 0.6 is 11.3 Å². The molecule has 2 unspecified atom stereocenters. The first kappa shape index (κ1) is 20.6. The zero-order chi connectivity index (χ0) is 19.9. The van der Waals surface area contributed by atoms with Crippen LogP contribution in [0.2, 0.25) is 0 Å². The SMILES string of the molecule is COCCN1C(=O)CCC(C(=O)NCCc2cccs2)C1c1ccc(C)cc1. The number of methoxy groups -OCH3 is 1. The molecule has 1 aromatic carbocycles. The maximum Gasteiger partial charge on any atom is 0.225 e. The molecule has 1 aliphatic heterocycles. The molecular weight excluding hydrogens is 372 g/mol. The average Bonchev–Trinajstić information content (AvgIpc) is 3.21. The van der Waals surface area contributed by atoms with Crippen molar-refractivity contribution in [3.05, 3.63) is 57.8 Å². The van der Waals surface area contributed by atoms with Gasteiger partial charge in [-0.15, -0.1) is 11.3 Å². The minimum atomic E-state index is -0.251. The van der Waals surface area contributed by atoms with E-state index >= 15 is 0 Å². The molecule has 1 aliphatic rings. The van der Waals surface area contributed by atoms with E-state index in [0.717, 1.165) is 17.5 Å². The number of piperidine rings is 1. The molecule has 6 heteroatoms. The van der Waals surface area contributed by atoms with Crippen molar-refractivity contribution < 1.29 is 14.3 Å². The van der Waals surface area contributed by atoms with Gasteiger partial charge in [0, 0.05) is 31.5 Å². The van der Waals surface area contributed by atoms with Crippen molar-refractivity contribution in [2.24, 2.45) is 5.92 Å². The summed E-state index contributed by atoms with van der Waals surface area (Å²) in [6.07, 6.45) is 1.80. The highest BCUT2D eigenvalue weighted by Gasteiger charge is 2.40. The molecule has 3 rings (SSSR count). The molecule has 2 aromatic rings. The topological polar surface area (TPSA) is 58.6 Å². The maximum atomic E-state index is 13.0. The Morgan fingerprint density at radius 3 is 2.75 bits per heavy atom. The number of nitrogens with zero attached hydrogens (tertiary/aromatic N) is 1. The Hall–Kier alpha value is -2.18. The fourth-order valence-electron chi connectivity index (χ4n) is 3.75. The van der Waals surface area contributed by atoms with E-state index < -0.39 is 0 Å². The molecule has 1 N–H and O–H groups in total. The molecule has 5 nitrogen and oxygen atoms in total. The van der Waals surface area contributed by atoms with Crippen molar-refractivity contribution in [2.45, 2.75) is 32.2 Å². The molecule has 1 aromatic heterocycles. The van der Waals surface area contributed by atoms with Crippen molar-refractivity contribution in [2.75, 3.05) is 26.8 Å². The Morgan fingerprint density at radius 2 is 2.07 bits per heavy atom. The summed E-state index contributed by atoms with van der Waals surface area (Å²) in [6.45, 7) is 3.60. The van der Waals surface area contributed by atoms with Gasteiger partial charge in [0.05, 0.1) is 18.6 Å². The van der Waals surface area contributed by atoms with E-state index in [1.54, 1.807) is 18.4 Å². The van der Waals surface area contributed by atoms with Crippen LogP contribution in [0, 0.1) is 12.8 Å². The van der Waals surface area contributed by atoms with Crippen LogP contribution in [0.1, 0.15) is 34.9 Å². The van der Waals surface area contributed by atoms with Gasteiger partial charge in [-0.05, 0) is 36.8 Å². The van der Waals surface area contributed by atoms with Gasteiger partial charge in [-0.25, -0.2) is 0 Å². The molecule has 28 heavy (non-hydrogen) atoms. The predicted molar refractivity (Wildman–Crippen MR) is 111 cm³/mol. The summed E-state index contributed by atoms with van der Waals surface area (Å²) in [5.41, 5.74) is 2.17. The van der Waals surface area contributed by atoms with Gasteiger partial charge in [0.15, 0.2) is 0 Å². The lowest BCUT2D eigenvalue weighted by Gasteiger charge is -2.40. The highest BCUT2D eigenvalue weighted by atomic mass is 32.1. The molecule has 2 heterocycles. The van der Waals surface area contributed by atoms with Crippen molar-refractivity contribution in [3.63, 3.8) is 0 Å². The van der Waals surface area contributed by atoms with Crippen LogP contribution in [0.5, 0.6) is 0 Å². The van der Waals surface area contributed by atoms with Gasteiger partial charge in [0.25, 0.3) is 0 Å². The van der Waals surface area contributed by atoms with Crippen LogP contribution in [0.3, 0.4) is 0 Å². The predicted octanol–water partition coefficient (Wildman–Crippen LogP) is 3.34. The fraction of sp³-hybridized carbons (Fsp3) is 0.455. The first-order valence-electron chi connectivity index (χ1n) is 9.75. The molecule has 0 radical (unpaired) electrons. The second-order valence-electron chi connectivity index (χ2n) is 7.20. The second kappa shape index (κ2) is 9.85. The number of nitrogens with one attached hydrogen (secondary N) is 1. The number of carbonyl (C=O) groups is 2. The molecular formula is C22H28N2O3S. The van der Waals surface area contributed by atoms with Crippen LogP contribution in [-0.2, 0) is 20.7 Å². The lowest BCUT2D eigenvalue weighted by molar-refractivity contribution is -0.144. The molecule has 0 aliphatic carbocycles. The zero-order valence-electron chi connectivity index (χ0n) is 16.5. The number of ether oxygens (including phenoxy) is 1. The van der Waals surface area contributed by atoms with E-state index in [2.05, 4.69) is 11.4 Å². The molecule has 150 valence electrons. The molecule has 2 atom stereocenters. The van der Waals surface area contributed by atoms with E-state index in [-0.39, 0.29) is 23.8 Å². The lowest BCUT2D eigenvalue weighted by atomic mass is 9.83. The van der Waals surface area contributed by atoms with Gasteiger partial charge in [0.2, 0.25) is 11.8 Å². The standard InChI is InChI=1S/C22H28N2O3S/c1-16-5-7-17(8-6-16)21-19(9-10-20(25)24(21)13-14-27-2)22(26)23-12-11-18-4-3-15-28-18/h3-8,15,19,21H,9-14H2,1-2H3,(H,23,26). The van der Waals surface area contributed by atoms with E-state index in [4.69, 9.17) is 4.74 Å². The van der Waals surface area contributed by atoms with Gasteiger partial charge < -0.3 is 15.0 Å². The lowest BCUT2D eigenvalue weighted by Crippen LogP contribution is -2.49. The number of carbonyl (C=O) groups excluding carboxylic acids is 2. The third kappa shape index (κ3) is 5.00. The third-order valence-electron chi connectivity index (χ3n) is 5.25. The van der Waals surface area contributed by atoms with E-state index in [1.165, 1.54) is 4.88 Å². The summed E-state index contributed by atoms with van der Waals surface area (Å²) in [4.78, 5) is 28.7. The quantitative estimate of drug-likeness (QED) is 0.739. The normalized spacial score (nSPS) is 19.6. The Morgan fingerprint density at radius 1 is 1.29 bits per heavy atom. The number of amides is 2. The minimum Gasteiger partial charge on any atom is -0.383 e. The van der Waals surface area contributed by atoms with Crippen molar-refractivity contribution in [1.82, 2.24) is 10.2 Å². The molecule has 1 fully saturated rings. The smallest absolute Gasteiger partial charge is 0.225 e. The van der Waals surface area contributed by atoms with Crippen molar-refractivity contribution in [3.8, 4) is 0 Å². The molecule has 0 saturated carbocycles. The van der Waals surface area contributed by atoms with Gasteiger partial charge in [-0.1, -0.05) is 35.9 Å². The van der Waals surface area contributed by atoms with Gasteiger partial charge in [0.1, 0.15) is 0 Å². The summed E-state index contributed by atoms with van der Waals surface area (Å²) in [5, 5.41) is 5.14. The number of rotatable bonds is 8. The van der Waals surface area contributed by atoms with E-state index in [1.807, 2.05) is 47.5 Å². The van der Waals surface area contributed by atoms with Crippen LogP contribution in [0.25, 0.3) is 0 Å². The van der Waals surface area contributed by atoms with Crippen LogP contribution in [-0.4, -0.2) is 43.5 Å². The number of hydrogen-bond donors (Lipinski definition) is 1. The Balaban J connectivity index is 1.76. The Bertz CT molecular complexity index is 774.